The molecule has 4 bridgehead atoms. The molecule has 8 heteroatoms. The minimum absolute atomic E-state index is 0.141. The van der Waals surface area contributed by atoms with Crippen molar-refractivity contribution in [2.45, 2.75) is 51.5 Å². The van der Waals surface area contributed by atoms with Crippen molar-refractivity contribution in [1.82, 2.24) is 24.8 Å². The Morgan fingerprint density at radius 1 is 0.943 bits per heavy atom. The van der Waals surface area contributed by atoms with Crippen molar-refractivity contribution in [2.24, 2.45) is 23.2 Å². The number of carbonyl (C=O) groups excluding carboxylic acids is 2. The molecule has 8 rings (SSSR count). The van der Waals surface area contributed by atoms with Gasteiger partial charge in [-0.2, -0.15) is 0 Å². The minimum atomic E-state index is -0.224. The van der Waals surface area contributed by atoms with E-state index in [2.05, 4.69) is 25.3 Å². The topological polar surface area (TPSA) is 101 Å². The van der Waals surface area contributed by atoms with Crippen LogP contribution in [0.25, 0.3) is 11.0 Å². The van der Waals surface area contributed by atoms with Crippen LogP contribution in [0.3, 0.4) is 0 Å². The number of anilines is 1. The molecule has 0 unspecified atom stereocenters. The number of hydrogen-bond acceptors (Lipinski definition) is 6. The highest BCUT2D eigenvalue weighted by Gasteiger charge is 2.54. The molecular weight excluding hydrogens is 440 g/mol. The average Bonchev–Trinajstić information content (AvgIpc) is 2.87. The summed E-state index contributed by atoms with van der Waals surface area (Å²) in [6.45, 7) is 0.888. The van der Waals surface area contributed by atoms with Crippen LogP contribution in [0.2, 0.25) is 0 Å². The van der Waals surface area contributed by atoms with Gasteiger partial charge in [0.15, 0.2) is 0 Å². The first-order valence-electron chi connectivity index (χ1n) is 12.7. The maximum absolute atomic E-state index is 13.6. The predicted molar refractivity (Wildman–Crippen MR) is 129 cm³/mol. The largest absolute Gasteiger partial charge is 0.331 e. The molecule has 3 aromatic rings. The lowest BCUT2D eigenvalue weighted by Crippen LogP contribution is -2.52. The van der Waals surface area contributed by atoms with Gasteiger partial charge in [-0.1, -0.05) is 12.1 Å². The summed E-state index contributed by atoms with van der Waals surface area (Å²) in [7, 11) is 0. The van der Waals surface area contributed by atoms with Crippen LogP contribution in [-0.4, -0.2) is 43.2 Å². The molecule has 4 saturated carbocycles. The van der Waals surface area contributed by atoms with Crippen molar-refractivity contribution in [1.29, 1.82) is 0 Å². The van der Waals surface area contributed by atoms with Crippen molar-refractivity contribution in [3.05, 3.63) is 53.7 Å². The number of nitrogens with one attached hydrogen (secondary N) is 1. The van der Waals surface area contributed by atoms with E-state index in [0.717, 1.165) is 36.0 Å². The molecule has 0 saturated heterocycles. The van der Waals surface area contributed by atoms with Gasteiger partial charge in [0, 0.05) is 12.1 Å². The van der Waals surface area contributed by atoms with Crippen molar-refractivity contribution >= 4 is 28.7 Å². The summed E-state index contributed by atoms with van der Waals surface area (Å²) >= 11 is 0. The summed E-state index contributed by atoms with van der Waals surface area (Å²) in [5, 5.41) is 3.21. The first kappa shape index (κ1) is 20.9. The number of amides is 2. The Labute approximate surface area is 203 Å². The van der Waals surface area contributed by atoms with Crippen LogP contribution in [0.15, 0.2) is 36.8 Å². The van der Waals surface area contributed by atoms with Gasteiger partial charge in [-0.05, 0) is 74.8 Å². The summed E-state index contributed by atoms with van der Waals surface area (Å²) in [6.07, 6.45) is 10.6. The number of para-hydroxylation sites is 2. The Kier molecular flexibility index (Phi) is 4.66. The smallest absolute Gasteiger partial charge is 0.274 e. The van der Waals surface area contributed by atoms with E-state index >= 15 is 0 Å². The third-order valence-corrected chi connectivity index (χ3v) is 8.71. The van der Waals surface area contributed by atoms with E-state index in [4.69, 9.17) is 0 Å². The lowest BCUT2D eigenvalue weighted by atomic mass is 9.49. The number of carbonyl (C=O) groups is 2. The zero-order valence-electron chi connectivity index (χ0n) is 19.6. The van der Waals surface area contributed by atoms with E-state index in [1.165, 1.54) is 31.8 Å². The Hall–Kier alpha value is -3.42. The second-order valence-corrected chi connectivity index (χ2v) is 11.0. The molecule has 0 radical (unpaired) electrons. The Morgan fingerprint density at radius 3 is 2.40 bits per heavy atom. The van der Waals surface area contributed by atoms with Gasteiger partial charge >= 0.3 is 0 Å². The van der Waals surface area contributed by atoms with Gasteiger partial charge in [0.2, 0.25) is 5.91 Å². The lowest BCUT2D eigenvalue weighted by Gasteiger charge is -2.55. The van der Waals surface area contributed by atoms with Crippen molar-refractivity contribution < 1.29 is 9.59 Å². The Morgan fingerprint density at radius 2 is 1.66 bits per heavy atom. The monoisotopic (exact) mass is 468 g/mol. The highest BCUT2D eigenvalue weighted by atomic mass is 16.2. The fraction of sp³-hybridized carbons (Fsp3) is 0.481. The van der Waals surface area contributed by atoms with E-state index in [1.54, 1.807) is 4.90 Å². The molecule has 2 aromatic heterocycles. The second kappa shape index (κ2) is 7.80. The number of rotatable bonds is 3. The van der Waals surface area contributed by atoms with Crippen molar-refractivity contribution in [3.8, 4) is 0 Å². The lowest BCUT2D eigenvalue weighted by molar-refractivity contribution is -0.140. The molecule has 4 fully saturated rings. The van der Waals surface area contributed by atoms with Gasteiger partial charge < -0.3 is 10.2 Å². The summed E-state index contributed by atoms with van der Waals surface area (Å²) in [6, 6.07) is 7.53. The third kappa shape index (κ3) is 3.49. The molecular formula is C27H28N6O2. The van der Waals surface area contributed by atoms with Crippen LogP contribution in [0, 0.1) is 23.2 Å². The maximum atomic E-state index is 13.6. The maximum Gasteiger partial charge on any atom is 0.274 e. The highest BCUT2D eigenvalue weighted by Crippen LogP contribution is 2.60. The van der Waals surface area contributed by atoms with Gasteiger partial charge in [0.05, 0.1) is 34.9 Å². The van der Waals surface area contributed by atoms with Crippen LogP contribution < -0.4 is 5.32 Å². The predicted octanol–water partition coefficient (Wildman–Crippen LogP) is 3.77. The SMILES string of the molecule is O=C(c1cnc2ccccc2n1)N1CCc2c(ncnc2NC(=O)C23CC4CC(CC(C4)C2)C3)C1. The zero-order valence-corrected chi connectivity index (χ0v) is 19.6. The molecule has 5 aliphatic rings. The van der Waals surface area contributed by atoms with E-state index in [9.17, 15) is 9.59 Å². The van der Waals surface area contributed by atoms with Gasteiger partial charge in [-0.3, -0.25) is 14.6 Å². The molecule has 8 nitrogen and oxygen atoms in total. The molecule has 3 heterocycles. The minimum Gasteiger partial charge on any atom is -0.331 e. The molecule has 178 valence electrons. The number of hydrogen-bond donors (Lipinski definition) is 1. The fourth-order valence-electron chi connectivity index (χ4n) is 7.49. The summed E-state index contributed by atoms with van der Waals surface area (Å²) in [5.41, 5.74) is 3.30. The van der Waals surface area contributed by atoms with Crippen LogP contribution in [-0.2, 0) is 17.8 Å². The van der Waals surface area contributed by atoms with Crippen LogP contribution >= 0.6 is 0 Å². The molecule has 4 aliphatic carbocycles. The molecule has 1 N–H and O–H groups in total. The van der Waals surface area contributed by atoms with E-state index in [1.807, 2.05) is 24.3 Å². The number of benzene rings is 1. The number of fused-ring (bicyclic) bond motifs is 2. The number of aromatic nitrogens is 4. The second-order valence-electron chi connectivity index (χ2n) is 11.0. The van der Waals surface area contributed by atoms with Crippen molar-refractivity contribution in [2.75, 3.05) is 11.9 Å². The Balaban J connectivity index is 1.10. The molecule has 0 atom stereocenters. The zero-order chi connectivity index (χ0) is 23.6. The average molecular weight is 469 g/mol. The van der Waals surface area contributed by atoms with Gasteiger partial charge in [-0.25, -0.2) is 15.0 Å². The molecule has 2 amide bonds. The van der Waals surface area contributed by atoms with E-state index in [0.29, 0.717) is 54.3 Å². The van der Waals surface area contributed by atoms with Gasteiger partial charge in [0.25, 0.3) is 5.91 Å². The van der Waals surface area contributed by atoms with Gasteiger partial charge in [0.1, 0.15) is 17.8 Å². The standard InChI is InChI=1S/C27H28N6O2/c34-25(22-13-28-20-3-1-2-4-21(20)31-22)33-6-5-19-23(14-33)29-15-30-24(19)32-26(35)27-10-16-7-17(11-27)9-18(8-16)12-27/h1-4,13,15-18H,5-12,14H2,(H,29,30,32,35). The highest BCUT2D eigenvalue weighted by molar-refractivity contribution is 5.96. The summed E-state index contributed by atoms with van der Waals surface area (Å²) in [4.78, 5) is 46.3. The fourth-order valence-corrected chi connectivity index (χ4v) is 7.49. The normalized spacial score (nSPS) is 28.7. The first-order valence-corrected chi connectivity index (χ1v) is 12.7. The van der Waals surface area contributed by atoms with E-state index < -0.39 is 0 Å². The molecule has 35 heavy (non-hydrogen) atoms. The Bertz CT molecular complexity index is 1320. The molecule has 1 aromatic carbocycles. The van der Waals surface area contributed by atoms with E-state index in [-0.39, 0.29) is 17.2 Å². The van der Waals surface area contributed by atoms with Gasteiger partial charge in [-0.15, -0.1) is 0 Å². The molecule has 1 aliphatic heterocycles. The number of nitrogens with zero attached hydrogens (tertiary/aromatic N) is 5. The molecule has 0 spiro atoms. The first-order chi connectivity index (χ1) is 17.1. The van der Waals surface area contributed by atoms with Crippen LogP contribution in [0.5, 0.6) is 0 Å². The summed E-state index contributed by atoms with van der Waals surface area (Å²) in [5.74, 6) is 2.74. The van der Waals surface area contributed by atoms with Crippen LogP contribution in [0.4, 0.5) is 5.82 Å². The third-order valence-electron chi connectivity index (χ3n) is 8.71. The van der Waals surface area contributed by atoms with Crippen LogP contribution in [0.1, 0.15) is 60.3 Å². The quantitative estimate of drug-likeness (QED) is 0.628. The van der Waals surface area contributed by atoms with Crippen molar-refractivity contribution in [3.63, 3.8) is 0 Å². The summed E-state index contributed by atoms with van der Waals surface area (Å²) < 4.78 is 0.